The molecule has 5 heteroatoms. The Morgan fingerprint density at radius 1 is 1.04 bits per heavy atom. The van der Waals surface area contributed by atoms with E-state index in [4.69, 9.17) is 5.84 Å². The first kappa shape index (κ1) is 16.0. The SMILES string of the molecule is CC(C)c1ccc(C(=O)n2cc(C(=O)NN)c3ccccc32)cc1. The highest BCUT2D eigenvalue weighted by Crippen LogP contribution is 2.23. The second-order valence-electron chi connectivity index (χ2n) is 5.99. The summed E-state index contributed by atoms with van der Waals surface area (Å²) in [5.74, 6) is 5.04. The molecule has 0 radical (unpaired) electrons. The molecule has 0 spiro atoms. The van der Waals surface area contributed by atoms with Gasteiger partial charge in [-0.05, 0) is 29.7 Å². The van der Waals surface area contributed by atoms with Crippen molar-refractivity contribution in [2.45, 2.75) is 19.8 Å². The van der Waals surface area contributed by atoms with Gasteiger partial charge in [0.1, 0.15) is 0 Å². The molecule has 0 aliphatic carbocycles. The molecule has 0 atom stereocenters. The lowest BCUT2D eigenvalue weighted by Crippen LogP contribution is -2.29. The van der Waals surface area contributed by atoms with Crippen LogP contribution in [0.15, 0.2) is 54.7 Å². The van der Waals surface area contributed by atoms with Crippen molar-refractivity contribution in [1.82, 2.24) is 9.99 Å². The Balaban J connectivity index is 2.08. The Labute approximate surface area is 140 Å². The van der Waals surface area contributed by atoms with Crippen molar-refractivity contribution >= 4 is 22.7 Å². The van der Waals surface area contributed by atoms with Gasteiger partial charge in [-0.2, -0.15) is 0 Å². The number of rotatable bonds is 3. The summed E-state index contributed by atoms with van der Waals surface area (Å²) in [5.41, 5.74) is 4.91. The summed E-state index contributed by atoms with van der Waals surface area (Å²) >= 11 is 0. The van der Waals surface area contributed by atoms with Gasteiger partial charge in [-0.25, -0.2) is 5.84 Å². The molecule has 0 bridgehead atoms. The summed E-state index contributed by atoms with van der Waals surface area (Å²) < 4.78 is 1.49. The maximum absolute atomic E-state index is 12.9. The van der Waals surface area contributed by atoms with E-state index in [0.717, 1.165) is 0 Å². The quantitative estimate of drug-likeness (QED) is 0.442. The van der Waals surface area contributed by atoms with Gasteiger partial charge in [0, 0.05) is 17.1 Å². The molecule has 2 aromatic carbocycles. The molecule has 3 N–H and O–H groups in total. The monoisotopic (exact) mass is 321 g/mol. The molecule has 0 fully saturated rings. The molecule has 3 aromatic rings. The second-order valence-corrected chi connectivity index (χ2v) is 5.99. The standard InChI is InChI=1S/C19H19N3O2/c1-12(2)13-7-9-14(10-8-13)19(24)22-11-16(18(23)21-20)15-5-3-4-6-17(15)22/h3-12H,20H2,1-2H3,(H,21,23). The average Bonchev–Trinajstić information content (AvgIpc) is 3.00. The van der Waals surface area contributed by atoms with Crippen molar-refractivity contribution in [3.8, 4) is 0 Å². The topological polar surface area (TPSA) is 77.1 Å². The van der Waals surface area contributed by atoms with Gasteiger partial charge in [-0.15, -0.1) is 0 Å². The normalized spacial score (nSPS) is 11.0. The zero-order valence-corrected chi connectivity index (χ0v) is 13.6. The first-order valence-electron chi connectivity index (χ1n) is 7.78. The summed E-state index contributed by atoms with van der Waals surface area (Å²) in [7, 11) is 0. The van der Waals surface area contributed by atoms with Gasteiger partial charge < -0.3 is 0 Å². The Bertz CT molecular complexity index is 908. The van der Waals surface area contributed by atoms with E-state index in [0.29, 0.717) is 27.9 Å². The van der Waals surface area contributed by atoms with Crippen molar-refractivity contribution in [3.63, 3.8) is 0 Å². The fourth-order valence-electron chi connectivity index (χ4n) is 2.76. The van der Waals surface area contributed by atoms with Crippen LogP contribution in [-0.4, -0.2) is 16.4 Å². The molecule has 0 unspecified atom stereocenters. The molecule has 1 aromatic heterocycles. The molecule has 3 rings (SSSR count). The molecule has 24 heavy (non-hydrogen) atoms. The molecule has 5 nitrogen and oxygen atoms in total. The smallest absolute Gasteiger partial charge is 0.267 e. The number of carbonyl (C=O) groups is 2. The largest absolute Gasteiger partial charge is 0.290 e. The fraction of sp³-hybridized carbons (Fsp3) is 0.158. The van der Waals surface area contributed by atoms with Crippen LogP contribution in [0.3, 0.4) is 0 Å². The molecule has 0 aliphatic heterocycles. The van der Waals surface area contributed by atoms with Crippen molar-refractivity contribution in [3.05, 3.63) is 71.4 Å². The molecule has 0 aliphatic rings. The number of hydrogen-bond donors (Lipinski definition) is 2. The van der Waals surface area contributed by atoms with Gasteiger partial charge >= 0.3 is 0 Å². The number of nitrogens with two attached hydrogens (primary N) is 1. The van der Waals surface area contributed by atoms with Crippen molar-refractivity contribution < 1.29 is 9.59 Å². The lowest BCUT2D eigenvalue weighted by molar-refractivity contribution is 0.0955. The van der Waals surface area contributed by atoms with Crippen LogP contribution < -0.4 is 11.3 Å². The van der Waals surface area contributed by atoms with Gasteiger partial charge in [0.15, 0.2) is 0 Å². The zero-order valence-electron chi connectivity index (χ0n) is 13.6. The van der Waals surface area contributed by atoms with E-state index in [1.165, 1.54) is 16.3 Å². The number of para-hydroxylation sites is 1. The number of amides is 1. The first-order chi connectivity index (χ1) is 11.5. The number of benzene rings is 2. The summed E-state index contributed by atoms with van der Waals surface area (Å²) in [6, 6.07) is 14.8. The highest BCUT2D eigenvalue weighted by molar-refractivity contribution is 6.11. The molecule has 0 saturated carbocycles. The number of aromatic nitrogens is 1. The summed E-state index contributed by atoms with van der Waals surface area (Å²) in [6.07, 6.45) is 1.53. The Hall–Kier alpha value is -2.92. The molecule has 0 saturated heterocycles. The molecule has 1 amide bonds. The third kappa shape index (κ3) is 2.70. The summed E-state index contributed by atoms with van der Waals surface area (Å²) in [5, 5.41) is 0.688. The lowest BCUT2D eigenvalue weighted by atomic mass is 10.0. The number of nitrogen functional groups attached to an aromatic ring is 1. The Kier molecular flexibility index (Phi) is 4.18. The van der Waals surface area contributed by atoms with Crippen LogP contribution in [-0.2, 0) is 0 Å². The predicted octanol–water partition coefficient (Wildman–Crippen LogP) is 3.06. The number of nitrogens with one attached hydrogen (secondary N) is 1. The predicted molar refractivity (Wildman–Crippen MR) is 93.9 cm³/mol. The van der Waals surface area contributed by atoms with Crippen LogP contribution in [0.2, 0.25) is 0 Å². The number of fused-ring (bicyclic) bond motifs is 1. The van der Waals surface area contributed by atoms with E-state index in [1.54, 1.807) is 6.07 Å². The summed E-state index contributed by atoms with van der Waals surface area (Å²) in [6.45, 7) is 4.21. The number of nitrogens with zero attached hydrogens (tertiary/aromatic N) is 1. The molecular weight excluding hydrogens is 302 g/mol. The van der Waals surface area contributed by atoms with Crippen molar-refractivity contribution in [2.24, 2.45) is 5.84 Å². The molecular formula is C19H19N3O2. The van der Waals surface area contributed by atoms with Gasteiger partial charge in [-0.3, -0.25) is 19.6 Å². The molecule has 122 valence electrons. The third-order valence-electron chi connectivity index (χ3n) is 4.13. The maximum atomic E-state index is 12.9. The minimum absolute atomic E-state index is 0.183. The average molecular weight is 321 g/mol. The van der Waals surface area contributed by atoms with E-state index in [9.17, 15) is 9.59 Å². The van der Waals surface area contributed by atoms with E-state index >= 15 is 0 Å². The minimum atomic E-state index is -0.423. The third-order valence-corrected chi connectivity index (χ3v) is 4.13. The maximum Gasteiger partial charge on any atom is 0.267 e. The van der Waals surface area contributed by atoms with Crippen molar-refractivity contribution in [1.29, 1.82) is 0 Å². The Morgan fingerprint density at radius 2 is 1.71 bits per heavy atom. The molecule has 1 heterocycles. The van der Waals surface area contributed by atoms with Crippen LogP contribution in [0.4, 0.5) is 0 Å². The highest BCUT2D eigenvalue weighted by atomic mass is 16.2. The lowest BCUT2D eigenvalue weighted by Gasteiger charge is -2.07. The van der Waals surface area contributed by atoms with Crippen LogP contribution >= 0.6 is 0 Å². The summed E-state index contributed by atoms with van der Waals surface area (Å²) in [4.78, 5) is 24.8. The minimum Gasteiger partial charge on any atom is -0.290 e. The van der Waals surface area contributed by atoms with E-state index in [1.807, 2.05) is 42.5 Å². The van der Waals surface area contributed by atoms with Gasteiger partial charge in [0.2, 0.25) is 0 Å². The van der Waals surface area contributed by atoms with Crippen LogP contribution in [0.25, 0.3) is 10.9 Å². The first-order valence-corrected chi connectivity index (χ1v) is 7.78. The van der Waals surface area contributed by atoms with Crippen LogP contribution in [0.1, 0.15) is 46.0 Å². The highest BCUT2D eigenvalue weighted by Gasteiger charge is 2.18. The van der Waals surface area contributed by atoms with E-state index in [2.05, 4.69) is 19.3 Å². The van der Waals surface area contributed by atoms with Crippen molar-refractivity contribution in [2.75, 3.05) is 0 Å². The fourth-order valence-corrected chi connectivity index (χ4v) is 2.76. The number of hydrazine groups is 1. The number of hydrogen-bond acceptors (Lipinski definition) is 3. The van der Waals surface area contributed by atoms with E-state index in [-0.39, 0.29) is 5.91 Å². The number of carbonyl (C=O) groups excluding carboxylic acids is 2. The van der Waals surface area contributed by atoms with Crippen LogP contribution in [0.5, 0.6) is 0 Å². The van der Waals surface area contributed by atoms with Gasteiger partial charge in [-0.1, -0.05) is 44.2 Å². The van der Waals surface area contributed by atoms with E-state index < -0.39 is 5.91 Å². The second kappa shape index (κ2) is 6.29. The van der Waals surface area contributed by atoms with Gasteiger partial charge in [0.25, 0.3) is 11.8 Å². The van der Waals surface area contributed by atoms with Crippen LogP contribution in [0, 0.1) is 0 Å². The van der Waals surface area contributed by atoms with Gasteiger partial charge in [0.05, 0.1) is 11.1 Å². The zero-order chi connectivity index (χ0) is 17.3. The Morgan fingerprint density at radius 3 is 2.33 bits per heavy atom.